The maximum absolute atomic E-state index is 11.8. The molecule has 0 saturated carbocycles. The van der Waals surface area contributed by atoms with Crippen molar-refractivity contribution in [2.24, 2.45) is 0 Å². The van der Waals surface area contributed by atoms with E-state index in [1.807, 2.05) is 6.92 Å². The minimum atomic E-state index is -0.269. The van der Waals surface area contributed by atoms with Crippen molar-refractivity contribution in [1.29, 1.82) is 0 Å². The fourth-order valence-corrected chi connectivity index (χ4v) is 1.93. The third-order valence-electron chi connectivity index (χ3n) is 3.08. The summed E-state index contributed by atoms with van der Waals surface area (Å²) in [4.78, 5) is 23.0. The van der Waals surface area contributed by atoms with E-state index in [9.17, 15) is 9.59 Å². The largest absolute Gasteiger partial charge is 0.494 e. The number of rotatable bonds is 7. The van der Waals surface area contributed by atoms with Gasteiger partial charge in [-0.1, -0.05) is 0 Å². The van der Waals surface area contributed by atoms with Crippen molar-refractivity contribution in [2.45, 2.75) is 13.8 Å². The predicted molar refractivity (Wildman–Crippen MR) is 88.2 cm³/mol. The lowest BCUT2D eigenvalue weighted by Gasteiger charge is -2.09. The number of Topliss-reactive ketones (excluding diaryl/α,β-unsaturated/α-hetero) is 1. The van der Waals surface area contributed by atoms with Crippen LogP contribution in [0.3, 0.4) is 0 Å². The average Bonchev–Trinajstić information content (AvgIpc) is 2.55. The molecule has 2 aromatic rings. The van der Waals surface area contributed by atoms with Crippen molar-refractivity contribution in [1.82, 2.24) is 0 Å². The monoisotopic (exact) mass is 313 g/mol. The molecule has 2 aromatic carbocycles. The first-order chi connectivity index (χ1) is 11.1. The van der Waals surface area contributed by atoms with Crippen molar-refractivity contribution >= 4 is 17.4 Å². The van der Waals surface area contributed by atoms with Gasteiger partial charge < -0.3 is 14.8 Å². The molecule has 0 spiro atoms. The highest BCUT2D eigenvalue weighted by Crippen LogP contribution is 2.17. The molecule has 0 fully saturated rings. The van der Waals surface area contributed by atoms with Crippen LogP contribution in [0, 0.1) is 0 Å². The number of nitrogens with one attached hydrogen (secondary N) is 1. The first-order valence-corrected chi connectivity index (χ1v) is 7.35. The molecular weight excluding hydrogens is 294 g/mol. The second kappa shape index (κ2) is 7.98. The zero-order valence-electron chi connectivity index (χ0n) is 13.2. The molecule has 2 rings (SSSR count). The zero-order chi connectivity index (χ0) is 16.7. The number of hydrogen-bond donors (Lipinski definition) is 1. The number of benzene rings is 2. The molecule has 5 heteroatoms. The number of carbonyl (C=O) groups is 2. The highest BCUT2D eigenvalue weighted by molar-refractivity contribution is 5.95. The van der Waals surface area contributed by atoms with E-state index in [4.69, 9.17) is 9.47 Å². The Hall–Kier alpha value is -2.82. The summed E-state index contributed by atoms with van der Waals surface area (Å²) in [5, 5.41) is 2.71. The zero-order valence-corrected chi connectivity index (χ0v) is 13.2. The molecule has 0 saturated heterocycles. The third-order valence-corrected chi connectivity index (χ3v) is 3.08. The number of amides is 1. The lowest BCUT2D eigenvalue weighted by Crippen LogP contribution is -2.20. The molecule has 0 aliphatic heterocycles. The van der Waals surface area contributed by atoms with Crippen molar-refractivity contribution in [3.05, 3.63) is 54.1 Å². The summed E-state index contributed by atoms with van der Waals surface area (Å²) in [6.07, 6.45) is 0. The molecule has 0 unspecified atom stereocenters. The summed E-state index contributed by atoms with van der Waals surface area (Å²) < 4.78 is 10.7. The van der Waals surface area contributed by atoms with Gasteiger partial charge in [0.15, 0.2) is 12.4 Å². The van der Waals surface area contributed by atoms with Gasteiger partial charge in [0, 0.05) is 11.3 Å². The maximum Gasteiger partial charge on any atom is 0.262 e. The fraction of sp³-hybridized carbons (Fsp3) is 0.222. The minimum Gasteiger partial charge on any atom is -0.494 e. The van der Waals surface area contributed by atoms with Gasteiger partial charge in [-0.2, -0.15) is 0 Å². The second-order valence-electron chi connectivity index (χ2n) is 4.87. The van der Waals surface area contributed by atoms with E-state index in [-0.39, 0.29) is 18.3 Å². The van der Waals surface area contributed by atoms with Crippen LogP contribution in [0.1, 0.15) is 24.2 Å². The Labute approximate surface area is 135 Å². The van der Waals surface area contributed by atoms with E-state index in [0.29, 0.717) is 23.6 Å². The minimum absolute atomic E-state index is 0.0123. The first kappa shape index (κ1) is 16.5. The summed E-state index contributed by atoms with van der Waals surface area (Å²) in [6.45, 7) is 3.92. The predicted octanol–water partition coefficient (Wildman–Crippen LogP) is 3.31. The smallest absolute Gasteiger partial charge is 0.262 e. The molecule has 0 atom stereocenters. The summed E-state index contributed by atoms with van der Waals surface area (Å²) in [7, 11) is 0. The van der Waals surface area contributed by atoms with Gasteiger partial charge in [-0.25, -0.2) is 0 Å². The average molecular weight is 313 g/mol. The third kappa shape index (κ3) is 5.14. The van der Waals surface area contributed by atoms with E-state index in [0.717, 1.165) is 5.75 Å². The SMILES string of the molecule is CCOc1ccc(OCC(=O)Nc2ccc(C(C)=O)cc2)cc1. The van der Waals surface area contributed by atoms with Gasteiger partial charge in [-0.3, -0.25) is 9.59 Å². The fourth-order valence-electron chi connectivity index (χ4n) is 1.93. The Balaban J connectivity index is 1.83. The normalized spacial score (nSPS) is 10.0. The molecule has 0 bridgehead atoms. The Morgan fingerprint density at radius 1 is 0.913 bits per heavy atom. The molecule has 0 aliphatic carbocycles. The van der Waals surface area contributed by atoms with Crippen LogP contribution in [0.4, 0.5) is 5.69 Å². The van der Waals surface area contributed by atoms with Crippen LogP contribution in [-0.4, -0.2) is 24.9 Å². The summed E-state index contributed by atoms with van der Waals surface area (Å²) in [6, 6.07) is 13.8. The molecule has 120 valence electrons. The quantitative estimate of drug-likeness (QED) is 0.797. The van der Waals surface area contributed by atoms with E-state index < -0.39 is 0 Å². The molecule has 5 nitrogen and oxygen atoms in total. The number of hydrogen-bond acceptors (Lipinski definition) is 4. The number of anilines is 1. The number of ketones is 1. The van der Waals surface area contributed by atoms with Crippen molar-refractivity contribution in [3.63, 3.8) is 0 Å². The van der Waals surface area contributed by atoms with Gasteiger partial charge in [0.05, 0.1) is 6.61 Å². The van der Waals surface area contributed by atoms with Crippen molar-refractivity contribution < 1.29 is 19.1 Å². The Bertz CT molecular complexity index is 662. The van der Waals surface area contributed by atoms with Gasteiger partial charge in [0.25, 0.3) is 5.91 Å². The van der Waals surface area contributed by atoms with E-state index in [1.54, 1.807) is 48.5 Å². The van der Waals surface area contributed by atoms with Gasteiger partial charge >= 0.3 is 0 Å². The summed E-state index contributed by atoms with van der Waals surface area (Å²) in [5.41, 5.74) is 1.23. The van der Waals surface area contributed by atoms with Crippen LogP contribution >= 0.6 is 0 Å². The standard InChI is InChI=1S/C18H19NO4/c1-3-22-16-8-10-17(11-9-16)23-12-18(21)19-15-6-4-14(5-7-15)13(2)20/h4-11H,3,12H2,1-2H3,(H,19,21). The Morgan fingerprint density at radius 2 is 1.48 bits per heavy atom. The van der Waals surface area contributed by atoms with Gasteiger partial charge in [-0.15, -0.1) is 0 Å². The molecule has 23 heavy (non-hydrogen) atoms. The molecule has 1 amide bonds. The Kier molecular flexibility index (Phi) is 5.74. The van der Waals surface area contributed by atoms with E-state index >= 15 is 0 Å². The highest BCUT2D eigenvalue weighted by Gasteiger charge is 2.05. The first-order valence-electron chi connectivity index (χ1n) is 7.35. The molecule has 0 radical (unpaired) electrons. The number of carbonyl (C=O) groups excluding carboxylic acids is 2. The second-order valence-corrected chi connectivity index (χ2v) is 4.87. The molecular formula is C18H19NO4. The summed E-state index contributed by atoms with van der Waals surface area (Å²) >= 11 is 0. The van der Waals surface area contributed by atoms with Crippen molar-refractivity contribution in [2.75, 3.05) is 18.5 Å². The maximum atomic E-state index is 11.8. The summed E-state index contributed by atoms with van der Waals surface area (Å²) in [5.74, 6) is 1.07. The Morgan fingerprint density at radius 3 is 2.00 bits per heavy atom. The van der Waals surface area contributed by atoms with E-state index in [2.05, 4.69) is 5.32 Å². The van der Waals surface area contributed by atoms with Gasteiger partial charge in [-0.05, 0) is 62.4 Å². The van der Waals surface area contributed by atoms with Crippen molar-refractivity contribution in [3.8, 4) is 11.5 Å². The molecule has 1 N–H and O–H groups in total. The van der Waals surface area contributed by atoms with Gasteiger partial charge in [0.1, 0.15) is 11.5 Å². The van der Waals surface area contributed by atoms with Crippen LogP contribution in [0.25, 0.3) is 0 Å². The molecule has 0 aromatic heterocycles. The molecule has 0 heterocycles. The van der Waals surface area contributed by atoms with Crippen LogP contribution in [0.2, 0.25) is 0 Å². The van der Waals surface area contributed by atoms with E-state index in [1.165, 1.54) is 6.92 Å². The van der Waals surface area contributed by atoms with Crippen LogP contribution in [-0.2, 0) is 4.79 Å². The molecule has 0 aliphatic rings. The number of ether oxygens (including phenoxy) is 2. The van der Waals surface area contributed by atoms with Crippen LogP contribution in [0.5, 0.6) is 11.5 Å². The highest BCUT2D eigenvalue weighted by atomic mass is 16.5. The topological polar surface area (TPSA) is 64.6 Å². The van der Waals surface area contributed by atoms with Gasteiger partial charge in [0.2, 0.25) is 0 Å². The van der Waals surface area contributed by atoms with Crippen LogP contribution < -0.4 is 14.8 Å². The lowest BCUT2D eigenvalue weighted by atomic mass is 10.1. The van der Waals surface area contributed by atoms with Crippen LogP contribution in [0.15, 0.2) is 48.5 Å². The lowest BCUT2D eigenvalue weighted by molar-refractivity contribution is -0.118.